The molecule has 0 fully saturated rings. The highest BCUT2D eigenvalue weighted by molar-refractivity contribution is 7.13. The van der Waals surface area contributed by atoms with Crippen LogP contribution in [0.3, 0.4) is 0 Å². The van der Waals surface area contributed by atoms with Gasteiger partial charge in [0, 0.05) is 16.7 Å². The number of benzene rings is 3. The Morgan fingerprint density at radius 1 is 0.757 bits per heavy atom. The predicted molar refractivity (Wildman–Crippen MR) is 149 cm³/mol. The maximum Gasteiger partial charge on any atom is 0.212 e. The van der Waals surface area contributed by atoms with Gasteiger partial charge in [-0.2, -0.15) is 0 Å². The molecule has 1 aromatic heterocycles. The number of nitrogens with one attached hydrogen (secondary N) is 1. The summed E-state index contributed by atoms with van der Waals surface area (Å²) in [5, 5.41) is 17.7. The van der Waals surface area contributed by atoms with Gasteiger partial charge >= 0.3 is 0 Å². The SMILES string of the molecule is CC[NH+](CC)CC.O=C([O-])C(=NOC(c1ccccc1)(c1ccccc1)c1ccccc1)c1cccs1. The molecular weight excluding hydrogens is 480 g/mol. The number of hydrogen-bond donors (Lipinski definition) is 1. The smallest absolute Gasteiger partial charge is 0.212 e. The van der Waals surface area contributed by atoms with Crippen molar-refractivity contribution in [2.45, 2.75) is 26.4 Å². The lowest BCUT2D eigenvalue weighted by Gasteiger charge is -2.33. The third-order valence-corrected chi connectivity index (χ3v) is 7.14. The Balaban J connectivity index is 0.000000479. The van der Waals surface area contributed by atoms with E-state index >= 15 is 0 Å². The van der Waals surface area contributed by atoms with Gasteiger partial charge in [0.2, 0.25) is 5.60 Å². The molecule has 5 nitrogen and oxygen atoms in total. The molecular formula is C31H34N2O3S. The van der Waals surface area contributed by atoms with Gasteiger partial charge in [-0.15, -0.1) is 11.3 Å². The molecule has 37 heavy (non-hydrogen) atoms. The molecule has 6 heteroatoms. The van der Waals surface area contributed by atoms with E-state index in [0.717, 1.165) is 16.7 Å². The summed E-state index contributed by atoms with van der Waals surface area (Å²) in [4.78, 5) is 20.2. The number of quaternary nitrogens is 1. The van der Waals surface area contributed by atoms with Crippen molar-refractivity contribution in [1.29, 1.82) is 0 Å². The Labute approximate surface area is 223 Å². The number of oxime groups is 1. The second kappa shape index (κ2) is 14.1. The highest BCUT2D eigenvalue weighted by atomic mass is 32.1. The molecule has 0 spiro atoms. The van der Waals surface area contributed by atoms with Gasteiger partial charge in [0.25, 0.3) is 0 Å². The lowest BCUT2D eigenvalue weighted by atomic mass is 9.80. The standard InChI is InChI=1S/C25H19NO3S.C6H15N/c27-24(28)23(22-17-10-18-30-22)26-29-25(19-11-4-1-5-12-19,20-13-6-2-7-14-20)21-15-8-3-9-16-21;1-4-7(5-2)6-3/h1-18H,(H,27,28);4-6H2,1-3H3. The maximum absolute atomic E-state index is 11.8. The Morgan fingerprint density at radius 2 is 1.19 bits per heavy atom. The normalized spacial score (nSPS) is 11.5. The Hall–Kier alpha value is -3.74. The van der Waals surface area contributed by atoms with Crippen LogP contribution in [0, 0.1) is 0 Å². The molecule has 1 N–H and O–H groups in total. The number of hydrogen-bond acceptors (Lipinski definition) is 5. The Morgan fingerprint density at radius 3 is 1.49 bits per heavy atom. The molecule has 0 aliphatic carbocycles. The minimum absolute atomic E-state index is 0.239. The van der Waals surface area contributed by atoms with E-state index in [-0.39, 0.29) is 5.71 Å². The number of thiophene rings is 1. The molecule has 0 saturated carbocycles. The zero-order valence-corrected chi connectivity index (χ0v) is 22.4. The number of carbonyl (C=O) groups excluding carboxylic acids is 1. The van der Waals surface area contributed by atoms with E-state index in [4.69, 9.17) is 4.84 Å². The molecule has 0 aliphatic rings. The summed E-state index contributed by atoms with van der Waals surface area (Å²) in [5.41, 5.74) is 1.11. The first-order chi connectivity index (χ1) is 18.1. The van der Waals surface area contributed by atoms with Crippen LogP contribution < -0.4 is 10.0 Å². The average Bonchev–Trinajstić information content (AvgIpc) is 3.48. The van der Waals surface area contributed by atoms with E-state index in [1.54, 1.807) is 22.4 Å². The number of carboxylic acid groups (broad SMARTS) is 1. The summed E-state index contributed by atoms with van der Waals surface area (Å²) in [6.07, 6.45) is 0. The van der Waals surface area contributed by atoms with E-state index < -0.39 is 11.6 Å². The van der Waals surface area contributed by atoms with E-state index in [9.17, 15) is 9.90 Å². The maximum atomic E-state index is 11.8. The van der Waals surface area contributed by atoms with Crippen LogP contribution in [0.4, 0.5) is 0 Å². The van der Waals surface area contributed by atoms with E-state index in [1.807, 2.05) is 91.0 Å². The van der Waals surface area contributed by atoms with Crippen molar-refractivity contribution in [2.75, 3.05) is 19.6 Å². The second-order valence-corrected chi connectivity index (χ2v) is 9.33. The van der Waals surface area contributed by atoms with Gasteiger partial charge in [0.15, 0.2) is 0 Å². The minimum Gasteiger partial charge on any atom is -0.543 e. The molecule has 0 atom stereocenters. The van der Waals surface area contributed by atoms with Gasteiger partial charge in [0.1, 0.15) is 5.71 Å². The topological polar surface area (TPSA) is 66.2 Å². The molecule has 0 aliphatic heterocycles. The van der Waals surface area contributed by atoms with Crippen molar-refractivity contribution < 1.29 is 19.6 Å². The number of rotatable bonds is 10. The van der Waals surface area contributed by atoms with Crippen molar-refractivity contribution in [3.63, 3.8) is 0 Å². The van der Waals surface area contributed by atoms with Gasteiger partial charge in [-0.05, 0) is 32.2 Å². The van der Waals surface area contributed by atoms with Crippen molar-refractivity contribution >= 4 is 23.0 Å². The van der Waals surface area contributed by atoms with E-state index in [1.165, 1.54) is 31.0 Å². The van der Waals surface area contributed by atoms with Crippen LogP contribution in [-0.4, -0.2) is 31.3 Å². The summed E-state index contributed by atoms with van der Waals surface area (Å²) in [6, 6.07) is 32.4. The highest BCUT2D eigenvalue weighted by Gasteiger charge is 2.39. The summed E-state index contributed by atoms with van der Waals surface area (Å²) in [6.45, 7) is 10.5. The number of aliphatic carboxylic acids is 1. The van der Waals surface area contributed by atoms with Gasteiger partial charge in [-0.1, -0.05) is 102 Å². The first-order valence-electron chi connectivity index (χ1n) is 12.6. The second-order valence-electron chi connectivity index (χ2n) is 8.39. The molecule has 4 aromatic rings. The van der Waals surface area contributed by atoms with Crippen molar-refractivity contribution in [1.82, 2.24) is 0 Å². The molecule has 0 amide bonds. The third kappa shape index (κ3) is 6.94. The summed E-state index contributed by atoms with van der Waals surface area (Å²) in [5.74, 6) is -1.39. The summed E-state index contributed by atoms with van der Waals surface area (Å²) >= 11 is 1.27. The monoisotopic (exact) mass is 514 g/mol. The van der Waals surface area contributed by atoms with Crippen molar-refractivity contribution in [3.05, 3.63) is 130 Å². The van der Waals surface area contributed by atoms with Crippen LogP contribution >= 0.6 is 11.3 Å². The number of nitrogens with zero attached hydrogens (tertiary/aromatic N) is 1. The van der Waals surface area contributed by atoms with Gasteiger partial charge in [-0.25, -0.2) is 0 Å². The van der Waals surface area contributed by atoms with Crippen LogP contribution in [0.15, 0.2) is 114 Å². The Bertz CT molecular complexity index is 1120. The number of carboxylic acids is 1. The lowest BCUT2D eigenvalue weighted by Crippen LogP contribution is -3.11. The minimum atomic E-state index is -1.39. The van der Waals surface area contributed by atoms with Crippen LogP contribution in [-0.2, 0) is 15.2 Å². The van der Waals surface area contributed by atoms with Gasteiger partial charge < -0.3 is 19.6 Å². The fourth-order valence-corrected chi connectivity index (χ4v) is 4.83. The van der Waals surface area contributed by atoms with E-state index in [2.05, 4.69) is 25.9 Å². The fraction of sp³-hybridized carbons (Fsp3) is 0.226. The third-order valence-electron chi connectivity index (χ3n) is 6.26. The van der Waals surface area contributed by atoms with Crippen LogP contribution in [0.5, 0.6) is 0 Å². The zero-order chi connectivity index (χ0) is 26.5. The van der Waals surface area contributed by atoms with Crippen molar-refractivity contribution in [2.24, 2.45) is 5.16 Å². The average molecular weight is 515 g/mol. The molecule has 0 radical (unpaired) electrons. The molecule has 3 aromatic carbocycles. The lowest BCUT2D eigenvalue weighted by molar-refractivity contribution is -0.894. The molecule has 1 heterocycles. The molecule has 0 saturated heterocycles. The largest absolute Gasteiger partial charge is 0.543 e. The molecule has 0 bridgehead atoms. The molecule has 192 valence electrons. The highest BCUT2D eigenvalue weighted by Crippen LogP contribution is 2.40. The van der Waals surface area contributed by atoms with E-state index in [0.29, 0.717) is 4.88 Å². The number of carbonyl (C=O) groups is 1. The first kappa shape index (κ1) is 27.8. The predicted octanol–water partition coefficient (Wildman–Crippen LogP) is 4.14. The molecule has 0 unspecified atom stereocenters. The van der Waals surface area contributed by atoms with Crippen molar-refractivity contribution in [3.8, 4) is 0 Å². The summed E-state index contributed by atoms with van der Waals surface area (Å²) in [7, 11) is 0. The quantitative estimate of drug-likeness (QED) is 0.197. The van der Waals surface area contributed by atoms with Crippen LogP contribution in [0.2, 0.25) is 0 Å². The molecule has 4 rings (SSSR count). The first-order valence-corrected chi connectivity index (χ1v) is 13.5. The van der Waals surface area contributed by atoms with Gasteiger partial charge in [-0.3, -0.25) is 0 Å². The van der Waals surface area contributed by atoms with Gasteiger partial charge in [0.05, 0.1) is 30.5 Å². The van der Waals surface area contributed by atoms with Crippen LogP contribution in [0.1, 0.15) is 42.3 Å². The Kier molecular flexibility index (Phi) is 10.6. The zero-order valence-electron chi connectivity index (χ0n) is 21.6. The summed E-state index contributed by atoms with van der Waals surface area (Å²) < 4.78 is 0. The fourth-order valence-electron chi connectivity index (χ4n) is 4.14. The van der Waals surface area contributed by atoms with Crippen LogP contribution in [0.25, 0.3) is 0 Å².